The van der Waals surface area contributed by atoms with Crippen LogP contribution >= 0.6 is 0 Å². The lowest BCUT2D eigenvalue weighted by Crippen LogP contribution is -2.51. The molecule has 4 rings (SSSR count). The van der Waals surface area contributed by atoms with E-state index in [4.69, 9.17) is 4.74 Å². The fourth-order valence-electron chi connectivity index (χ4n) is 4.62. The van der Waals surface area contributed by atoms with E-state index in [0.717, 1.165) is 60.7 Å². The lowest BCUT2D eigenvalue weighted by Gasteiger charge is -2.39. The van der Waals surface area contributed by atoms with Gasteiger partial charge in [-0.2, -0.15) is 0 Å². The number of nitrogens with zero attached hydrogens (tertiary/aromatic N) is 1. The summed E-state index contributed by atoms with van der Waals surface area (Å²) >= 11 is 0. The minimum Gasteiger partial charge on any atom is -0.444 e. The molecular formula is C23H31N3O5S. The number of hydrogen-bond donors (Lipinski definition) is 2. The maximum atomic E-state index is 12.6. The molecular weight excluding hydrogens is 430 g/mol. The first kappa shape index (κ1) is 22.6. The zero-order valence-electron chi connectivity index (χ0n) is 18.9. The third-order valence-corrected chi connectivity index (χ3v) is 7.11. The lowest BCUT2D eigenvalue weighted by atomic mass is 9.99. The van der Waals surface area contributed by atoms with Crippen molar-refractivity contribution in [1.82, 2.24) is 9.62 Å². The van der Waals surface area contributed by atoms with Crippen LogP contribution < -0.4 is 10.0 Å². The molecule has 0 bridgehead atoms. The maximum Gasteiger partial charge on any atom is 0.410 e. The van der Waals surface area contributed by atoms with E-state index < -0.39 is 27.7 Å². The first-order chi connectivity index (χ1) is 15.0. The van der Waals surface area contributed by atoms with Crippen molar-refractivity contribution < 1.29 is 22.7 Å². The molecule has 3 amide bonds. The molecule has 1 unspecified atom stereocenters. The third kappa shape index (κ3) is 4.92. The molecule has 1 saturated heterocycles. The number of carbonyl (C=O) groups is 2. The van der Waals surface area contributed by atoms with Crippen molar-refractivity contribution in [3.05, 3.63) is 39.8 Å². The zero-order valence-corrected chi connectivity index (χ0v) is 19.7. The summed E-state index contributed by atoms with van der Waals surface area (Å²) in [6.45, 7) is 5.84. The van der Waals surface area contributed by atoms with E-state index in [1.165, 1.54) is 22.1 Å². The number of urea groups is 1. The normalized spacial score (nSPS) is 20.0. The predicted octanol–water partition coefficient (Wildman–Crippen LogP) is 3.64. The van der Waals surface area contributed by atoms with Gasteiger partial charge in [0.2, 0.25) is 0 Å². The molecule has 1 aromatic rings. The molecule has 0 saturated carbocycles. The average Bonchev–Trinajstić information content (AvgIpc) is 3.27. The second-order valence-corrected chi connectivity index (χ2v) is 11.3. The Morgan fingerprint density at radius 2 is 1.72 bits per heavy atom. The van der Waals surface area contributed by atoms with Gasteiger partial charge in [0.1, 0.15) is 5.60 Å². The van der Waals surface area contributed by atoms with Crippen LogP contribution in [0.5, 0.6) is 0 Å². The number of aryl methyl sites for hydroxylation is 2. The Balaban J connectivity index is 1.40. The summed E-state index contributed by atoms with van der Waals surface area (Å²) in [5, 5.41) is 3.77. The molecule has 8 nitrogen and oxygen atoms in total. The van der Waals surface area contributed by atoms with Gasteiger partial charge in [0.05, 0.1) is 6.04 Å². The van der Waals surface area contributed by atoms with E-state index in [1.807, 2.05) is 0 Å². The second kappa shape index (κ2) is 8.42. The summed E-state index contributed by atoms with van der Waals surface area (Å²) in [5.41, 5.74) is 4.96. The minimum atomic E-state index is -4.01. The van der Waals surface area contributed by atoms with Crippen molar-refractivity contribution in [1.29, 1.82) is 0 Å². The molecule has 1 aliphatic heterocycles. The molecule has 2 aliphatic carbocycles. The lowest BCUT2D eigenvalue weighted by molar-refractivity contribution is 0.00281. The fourth-order valence-corrected chi connectivity index (χ4v) is 5.38. The molecule has 9 heteroatoms. The van der Waals surface area contributed by atoms with Gasteiger partial charge in [-0.25, -0.2) is 22.7 Å². The minimum absolute atomic E-state index is 0.370. The van der Waals surface area contributed by atoms with Gasteiger partial charge < -0.3 is 15.0 Å². The number of rotatable bonds is 4. The highest BCUT2D eigenvalue weighted by Gasteiger charge is 2.34. The number of ether oxygens (including phenoxy) is 1. The second-order valence-electron chi connectivity index (χ2n) is 9.69. The Labute approximate surface area is 189 Å². The molecule has 32 heavy (non-hydrogen) atoms. The summed E-state index contributed by atoms with van der Waals surface area (Å²) in [6.07, 6.45) is 7.45. The Kier molecular flexibility index (Phi) is 5.96. The molecule has 0 aromatic heterocycles. The molecule has 1 fully saturated rings. The molecule has 1 atom stereocenters. The number of likely N-dealkylation sites (tertiary alicyclic amines) is 1. The van der Waals surface area contributed by atoms with Crippen molar-refractivity contribution in [3.8, 4) is 0 Å². The number of sulfonamides is 1. The van der Waals surface area contributed by atoms with Gasteiger partial charge in [-0.1, -0.05) is 6.07 Å². The van der Waals surface area contributed by atoms with Crippen LogP contribution in [0.1, 0.15) is 62.3 Å². The zero-order chi connectivity index (χ0) is 23.1. The van der Waals surface area contributed by atoms with Crippen molar-refractivity contribution in [3.63, 3.8) is 0 Å². The summed E-state index contributed by atoms with van der Waals surface area (Å²) in [6, 6.07) is 1.12. The standard InChI is InChI=1S/C23H31N3O5S/c1-23(2,3)31-22(28)26-12-10-17(26)11-13-32(29,30)25-21(27)24-20-18-8-4-6-15(18)14-16-7-5-9-19(16)20/h11,13-14,17H,4-10,12H2,1-3H3,(H2,24,25,27)/b13-11+. The Bertz CT molecular complexity index is 1040. The van der Waals surface area contributed by atoms with Crippen LogP contribution in [0.15, 0.2) is 17.6 Å². The van der Waals surface area contributed by atoms with Crippen molar-refractivity contribution >= 4 is 27.8 Å². The topological polar surface area (TPSA) is 105 Å². The van der Waals surface area contributed by atoms with Crippen LogP contribution in [0, 0.1) is 0 Å². The van der Waals surface area contributed by atoms with Gasteiger partial charge in [0, 0.05) is 17.6 Å². The van der Waals surface area contributed by atoms with Crippen molar-refractivity contribution in [2.45, 2.75) is 77.4 Å². The van der Waals surface area contributed by atoms with Crippen LogP contribution in [-0.4, -0.2) is 43.6 Å². The monoisotopic (exact) mass is 461 g/mol. The number of fused-ring (bicyclic) bond motifs is 2. The highest BCUT2D eigenvalue weighted by molar-refractivity contribution is 7.92. The number of benzene rings is 1. The Morgan fingerprint density at radius 1 is 1.09 bits per heavy atom. The summed E-state index contributed by atoms with van der Waals surface area (Å²) in [4.78, 5) is 26.2. The van der Waals surface area contributed by atoms with Crippen molar-refractivity contribution in [2.75, 3.05) is 11.9 Å². The van der Waals surface area contributed by atoms with Crippen LogP contribution in [0.4, 0.5) is 15.3 Å². The smallest absolute Gasteiger partial charge is 0.410 e. The molecule has 1 heterocycles. The summed E-state index contributed by atoms with van der Waals surface area (Å²) < 4.78 is 32.3. The van der Waals surface area contributed by atoms with Gasteiger partial charge in [-0.05, 0) is 94.0 Å². The Hall–Kier alpha value is -2.55. The number of anilines is 1. The van der Waals surface area contributed by atoms with E-state index in [0.29, 0.717) is 13.0 Å². The first-order valence-electron chi connectivity index (χ1n) is 11.2. The van der Waals surface area contributed by atoms with Gasteiger partial charge in [0.25, 0.3) is 10.0 Å². The van der Waals surface area contributed by atoms with Crippen LogP contribution in [0.25, 0.3) is 0 Å². The average molecular weight is 462 g/mol. The van der Waals surface area contributed by atoms with Crippen molar-refractivity contribution in [2.24, 2.45) is 0 Å². The highest BCUT2D eigenvalue weighted by atomic mass is 32.2. The summed E-state index contributed by atoms with van der Waals surface area (Å²) in [5.74, 6) is 0. The van der Waals surface area contributed by atoms with Crippen LogP contribution in [0.2, 0.25) is 0 Å². The molecule has 174 valence electrons. The highest BCUT2D eigenvalue weighted by Crippen LogP contribution is 2.38. The van der Waals surface area contributed by atoms with E-state index in [9.17, 15) is 18.0 Å². The molecule has 3 aliphatic rings. The molecule has 2 N–H and O–H groups in total. The predicted molar refractivity (Wildman–Crippen MR) is 122 cm³/mol. The van der Waals surface area contributed by atoms with Gasteiger partial charge in [-0.15, -0.1) is 0 Å². The van der Waals surface area contributed by atoms with Gasteiger partial charge >= 0.3 is 12.1 Å². The maximum absolute atomic E-state index is 12.6. The van der Waals surface area contributed by atoms with E-state index in [1.54, 1.807) is 20.8 Å². The van der Waals surface area contributed by atoms with Crippen LogP contribution in [-0.2, 0) is 40.4 Å². The number of hydrogen-bond acceptors (Lipinski definition) is 5. The SMILES string of the molecule is CC(C)(C)OC(=O)N1CCC1/C=C/S(=O)(=O)NC(=O)Nc1c2c(cc3c1CCC3)CCC2. The fraction of sp³-hybridized carbons (Fsp3) is 0.565. The number of amides is 3. The van der Waals surface area contributed by atoms with Gasteiger partial charge in [0.15, 0.2) is 0 Å². The van der Waals surface area contributed by atoms with E-state index >= 15 is 0 Å². The van der Waals surface area contributed by atoms with Crippen LogP contribution in [0.3, 0.4) is 0 Å². The third-order valence-electron chi connectivity index (χ3n) is 6.12. The molecule has 0 radical (unpaired) electrons. The number of carbonyl (C=O) groups excluding carboxylic acids is 2. The molecule has 0 spiro atoms. The van der Waals surface area contributed by atoms with E-state index in [2.05, 4.69) is 16.1 Å². The largest absolute Gasteiger partial charge is 0.444 e. The number of nitrogens with one attached hydrogen (secondary N) is 2. The van der Waals surface area contributed by atoms with Gasteiger partial charge in [-0.3, -0.25) is 0 Å². The summed E-state index contributed by atoms with van der Waals surface area (Å²) in [7, 11) is -4.01. The molecule has 1 aromatic carbocycles. The Morgan fingerprint density at radius 3 is 2.25 bits per heavy atom. The first-order valence-corrected chi connectivity index (χ1v) is 12.8. The van der Waals surface area contributed by atoms with E-state index in [-0.39, 0.29) is 6.04 Å². The quantitative estimate of drug-likeness (QED) is 0.712.